The van der Waals surface area contributed by atoms with E-state index in [1.54, 1.807) is 18.9 Å². The molecule has 0 aliphatic heterocycles. The van der Waals surface area contributed by atoms with Gasteiger partial charge in [-0.15, -0.1) is 11.3 Å². The molecule has 2 aromatic carbocycles. The maximum atomic E-state index is 5.62. The minimum atomic E-state index is 0.633. The third kappa shape index (κ3) is 3.37. The van der Waals surface area contributed by atoms with Crippen molar-refractivity contribution in [3.05, 3.63) is 72.3 Å². The highest BCUT2D eigenvalue weighted by Gasteiger charge is 2.13. The minimum absolute atomic E-state index is 0.633. The largest absolute Gasteiger partial charge is 0.494 e. The molecule has 0 atom stereocenters. The van der Waals surface area contributed by atoms with Crippen LogP contribution in [0, 0.1) is 6.92 Å². The number of hydrogen-bond acceptors (Lipinski definition) is 7. The molecule has 3 heterocycles. The van der Waals surface area contributed by atoms with Crippen LogP contribution in [0.4, 0.5) is 11.5 Å². The van der Waals surface area contributed by atoms with Crippen molar-refractivity contribution < 1.29 is 4.74 Å². The Morgan fingerprint density at radius 2 is 1.90 bits per heavy atom. The molecule has 0 fully saturated rings. The number of fused-ring (bicyclic) bond motifs is 1. The minimum Gasteiger partial charge on any atom is -0.494 e. The number of hydrogen-bond donors (Lipinski definition) is 1. The average Bonchev–Trinajstić information content (AvgIpc) is 3.43. The van der Waals surface area contributed by atoms with Crippen LogP contribution >= 0.6 is 11.3 Å². The van der Waals surface area contributed by atoms with E-state index in [1.807, 2.05) is 66.2 Å². The van der Waals surface area contributed by atoms with Gasteiger partial charge >= 0.3 is 0 Å². The van der Waals surface area contributed by atoms with Gasteiger partial charge in [0, 0.05) is 23.5 Å². The Kier molecular flexibility index (Phi) is 4.61. The van der Waals surface area contributed by atoms with Gasteiger partial charge in [0.1, 0.15) is 10.4 Å². The van der Waals surface area contributed by atoms with Gasteiger partial charge < -0.3 is 14.6 Å². The third-order valence-electron chi connectivity index (χ3n) is 4.66. The van der Waals surface area contributed by atoms with Crippen LogP contribution in [0.1, 0.15) is 5.69 Å². The van der Waals surface area contributed by atoms with E-state index < -0.39 is 0 Å². The Morgan fingerprint density at radius 3 is 2.67 bits per heavy atom. The van der Waals surface area contributed by atoms with E-state index >= 15 is 0 Å². The van der Waals surface area contributed by atoms with Gasteiger partial charge in [0.15, 0.2) is 17.3 Å². The van der Waals surface area contributed by atoms with E-state index in [0.717, 1.165) is 38.9 Å². The second kappa shape index (κ2) is 7.57. The van der Waals surface area contributed by atoms with Crippen molar-refractivity contribution in [3.63, 3.8) is 0 Å². The van der Waals surface area contributed by atoms with Crippen molar-refractivity contribution in [1.29, 1.82) is 0 Å². The number of ether oxygens (including phenoxy) is 1. The molecule has 0 saturated heterocycles. The summed E-state index contributed by atoms with van der Waals surface area (Å²) in [6.45, 7) is 1.96. The fraction of sp³-hybridized carbons (Fsp3) is 0.0909. The van der Waals surface area contributed by atoms with E-state index in [-0.39, 0.29) is 0 Å². The van der Waals surface area contributed by atoms with Gasteiger partial charge in [0.05, 0.1) is 30.3 Å². The summed E-state index contributed by atoms with van der Waals surface area (Å²) < 4.78 is 8.47. The van der Waals surface area contributed by atoms with Crippen LogP contribution in [-0.2, 0) is 0 Å². The number of anilines is 2. The summed E-state index contributed by atoms with van der Waals surface area (Å²) in [7, 11) is 1.66. The van der Waals surface area contributed by atoms with Crippen LogP contribution in [0.5, 0.6) is 5.75 Å². The highest BCUT2D eigenvalue weighted by atomic mass is 32.1. The highest BCUT2D eigenvalue weighted by Crippen LogP contribution is 2.32. The number of aryl methyl sites for hydroxylation is 1. The van der Waals surface area contributed by atoms with Crippen LogP contribution in [-0.4, -0.2) is 31.6 Å². The van der Waals surface area contributed by atoms with Gasteiger partial charge in [0.2, 0.25) is 0 Å². The zero-order valence-corrected chi connectivity index (χ0v) is 17.2. The SMILES string of the molecule is COc1cc(Nc2nc(-c3ccccc3)nc3ncsc23)ccc1-n1cnc(C)c1. The van der Waals surface area contributed by atoms with E-state index in [1.165, 1.54) is 11.3 Å². The van der Waals surface area contributed by atoms with Crippen molar-refractivity contribution in [2.24, 2.45) is 0 Å². The van der Waals surface area contributed by atoms with Crippen LogP contribution in [0.25, 0.3) is 27.4 Å². The molecule has 0 amide bonds. The molecular weight excluding hydrogens is 396 g/mol. The van der Waals surface area contributed by atoms with E-state index in [9.17, 15) is 0 Å². The third-order valence-corrected chi connectivity index (χ3v) is 5.48. The van der Waals surface area contributed by atoms with Crippen LogP contribution in [0.2, 0.25) is 0 Å². The first kappa shape index (κ1) is 18.3. The fourth-order valence-corrected chi connectivity index (χ4v) is 3.89. The van der Waals surface area contributed by atoms with Crippen molar-refractivity contribution in [2.45, 2.75) is 6.92 Å². The summed E-state index contributed by atoms with van der Waals surface area (Å²) in [6.07, 6.45) is 3.74. The average molecular weight is 414 g/mol. The van der Waals surface area contributed by atoms with E-state index in [0.29, 0.717) is 11.5 Å². The smallest absolute Gasteiger partial charge is 0.176 e. The predicted octanol–water partition coefficient (Wildman–Crippen LogP) is 5.00. The van der Waals surface area contributed by atoms with E-state index in [2.05, 4.69) is 20.3 Å². The molecule has 0 spiro atoms. The van der Waals surface area contributed by atoms with Gasteiger partial charge in [-0.3, -0.25) is 0 Å². The predicted molar refractivity (Wildman–Crippen MR) is 119 cm³/mol. The number of nitrogens with zero attached hydrogens (tertiary/aromatic N) is 5. The van der Waals surface area contributed by atoms with Crippen molar-refractivity contribution in [3.8, 4) is 22.8 Å². The number of aromatic nitrogens is 5. The molecule has 3 aromatic heterocycles. The molecule has 0 aliphatic rings. The summed E-state index contributed by atoms with van der Waals surface area (Å²) in [6, 6.07) is 15.8. The molecule has 0 aliphatic carbocycles. The Labute approximate surface area is 177 Å². The van der Waals surface area contributed by atoms with Crippen molar-refractivity contribution >= 4 is 33.2 Å². The lowest BCUT2D eigenvalue weighted by Crippen LogP contribution is -2.00. The molecule has 1 N–H and O–H groups in total. The number of nitrogens with one attached hydrogen (secondary N) is 1. The first-order valence-electron chi connectivity index (χ1n) is 9.34. The van der Waals surface area contributed by atoms with Gasteiger partial charge in [-0.25, -0.2) is 19.9 Å². The molecule has 0 saturated carbocycles. The summed E-state index contributed by atoms with van der Waals surface area (Å²) >= 11 is 1.51. The summed E-state index contributed by atoms with van der Waals surface area (Å²) in [5.41, 5.74) is 6.12. The Morgan fingerprint density at radius 1 is 1.03 bits per heavy atom. The first-order valence-corrected chi connectivity index (χ1v) is 10.2. The molecule has 0 bridgehead atoms. The topological polar surface area (TPSA) is 77.8 Å². The lowest BCUT2D eigenvalue weighted by Gasteiger charge is -2.13. The second-order valence-electron chi connectivity index (χ2n) is 6.70. The van der Waals surface area contributed by atoms with E-state index in [4.69, 9.17) is 9.72 Å². The molecule has 5 rings (SSSR count). The number of rotatable bonds is 5. The Hall–Kier alpha value is -3.78. The molecule has 8 heteroatoms. The van der Waals surface area contributed by atoms with Gasteiger partial charge in [0.25, 0.3) is 0 Å². The standard InChI is InChI=1S/C22H18N6OS/c1-14-11-28(12-23-14)17-9-8-16(10-18(17)29-2)25-22-19-21(24-13-30-19)26-20(27-22)15-6-4-3-5-7-15/h3-13H,1-2H3,(H,25,26,27). The first-order chi connectivity index (χ1) is 14.7. The van der Waals surface area contributed by atoms with Gasteiger partial charge in [-0.05, 0) is 19.1 Å². The van der Waals surface area contributed by atoms with Crippen molar-refractivity contribution in [2.75, 3.05) is 12.4 Å². The molecule has 5 aromatic rings. The van der Waals surface area contributed by atoms with Crippen molar-refractivity contribution in [1.82, 2.24) is 24.5 Å². The fourth-order valence-electron chi connectivity index (χ4n) is 3.22. The Balaban J connectivity index is 1.55. The maximum Gasteiger partial charge on any atom is 0.176 e. The molecule has 30 heavy (non-hydrogen) atoms. The van der Waals surface area contributed by atoms with Crippen LogP contribution < -0.4 is 10.1 Å². The van der Waals surface area contributed by atoms with Crippen LogP contribution in [0.3, 0.4) is 0 Å². The zero-order chi connectivity index (χ0) is 20.5. The molecule has 0 radical (unpaired) electrons. The molecule has 148 valence electrons. The lowest BCUT2D eigenvalue weighted by atomic mass is 10.2. The van der Waals surface area contributed by atoms with Crippen LogP contribution in [0.15, 0.2) is 66.6 Å². The summed E-state index contributed by atoms with van der Waals surface area (Å²) in [5.74, 6) is 2.08. The normalized spacial score (nSPS) is 11.0. The zero-order valence-electron chi connectivity index (χ0n) is 16.4. The number of thiazole rings is 1. The summed E-state index contributed by atoms with van der Waals surface area (Å²) in [4.78, 5) is 18.1. The summed E-state index contributed by atoms with van der Waals surface area (Å²) in [5, 5.41) is 3.42. The number of benzene rings is 2. The van der Waals surface area contributed by atoms with Gasteiger partial charge in [-0.1, -0.05) is 30.3 Å². The lowest BCUT2D eigenvalue weighted by molar-refractivity contribution is 0.413. The number of imidazole rings is 1. The molecule has 0 unspecified atom stereocenters. The number of methoxy groups -OCH3 is 1. The Bertz CT molecular complexity index is 1330. The highest BCUT2D eigenvalue weighted by molar-refractivity contribution is 7.17. The quantitative estimate of drug-likeness (QED) is 0.436. The molecular formula is C22H18N6OS. The molecule has 7 nitrogen and oxygen atoms in total. The maximum absolute atomic E-state index is 5.62. The monoisotopic (exact) mass is 414 g/mol. The van der Waals surface area contributed by atoms with Gasteiger partial charge in [-0.2, -0.15) is 0 Å². The second-order valence-corrected chi connectivity index (χ2v) is 7.56.